The molecule has 2 aliphatic rings. The maximum absolute atomic E-state index is 11.2. The van der Waals surface area contributed by atoms with E-state index in [0.717, 1.165) is 12.8 Å². The van der Waals surface area contributed by atoms with Gasteiger partial charge in [0, 0.05) is 5.41 Å². The van der Waals surface area contributed by atoms with Crippen LogP contribution in [0, 0.1) is 34.5 Å². The highest BCUT2D eigenvalue weighted by molar-refractivity contribution is 5.26. The molecule has 0 aromatic carbocycles. The minimum Gasteiger partial charge on any atom is -0.377 e. The highest BCUT2D eigenvalue weighted by atomic mass is 16.3. The zero-order chi connectivity index (χ0) is 13.8. The third-order valence-corrected chi connectivity index (χ3v) is 7.04. The van der Waals surface area contributed by atoms with Gasteiger partial charge in [0.2, 0.25) is 0 Å². The van der Waals surface area contributed by atoms with Crippen LogP contribution in [0.1, 0.15) is 66.7 Å². The Balaban J connectivity index is 2.59. The second-order valence-electron chi connectivity index (χ2n) is 7.75. The lowest BCUT2D eigenvalue weighted by Gasteiger charge is -2.67. The van der Waals surface area contributed by atoms with Gasteiger partial charge in [0.1, 0.15) is 5.60 Å². The first kappa shape index (κ1) is 13.9. The lowest BCUT2D eigenvalue weighted by Crippen LogP contribution is -2.66. The van der Waals surface area contributed by atoms with Gasteiger partial charge in [0.05, 0.1) is 0 Å². The molecule has 2 fully saturated rings. The van der Waals surface area contributed by atoms with Crippen molar-refractivity contribution in [2.75, 3.05) is 0 Å². The van der Waals surface area contributed by atoms with Crippen molar-refractivity contribution in [3.05, 3.63) is 0 Å². The Labute approximate surface area is 112 Å². The standard InChI is InChI=1S/C17H28O/c1-7-17(18)13(2)9-12-15(5)14(3,4)10-8-11-16(15,17)6/h1,13,18H,8-12H2,2-6H3/t13?,15-,16-,17?/m0/s1. The summed E-state index contributed by atoms with van der Waals surface area (Å²) in [5.74, 6) is 2.99. The summed E-state index contributed by atoms with van der Waals surface area (Å²) in [6.45, 7) is 11.4. The number of hydrogen-bond donors (Lipinski definition) is 1. The summed E-state index contributed by atoms with van der Waals surface area (Å²) >= 11 is 0. The second-order valence-corrected chi connectivity index (χ2v) is 7.75. The average Bonchev–Trinajstić information content (AvgIpc) is 2.30. The van der Waals surface area contributed by atoms with Gasteiger partial charge in [0.15, 0.2) is 0 Å². The fourth-order valence-electron chi connectivity index (χ4n) is 4.97. The first-order chi connectivity index (χ1) is 8.15. The van der Waals surface area contributed by atoms with Gasteiger partial charge < -0.3 is 5.11 Å². The zero-order valence-corrected chi connectivity index (χ0v) is 12.6. The third kappa shape index (κ3) is 1.33. The van der Waals surface area contributed by atoms with E-state index in [-0.39, 0.29) is 22.2 Å². The summed E-state index contributed by atoms with van der Waals surface area (Å²) in [4.78, 5) is 0. The molecule has 1 heteroatoms. The lowest BCUT2D eigenvalue weighted by atomic mass is 9.38. The Kier molecular flexibility index (Phi) is 2.91. The third-order valence-electron chi connectivity index (χ3n) is 7.04. The van der Waals surface area contributed by atoms with Crippen LogP contribution in [0.3, 0.4) is 0 Å². The van der Waals surface area contributed by atoms with Crippen LogP contribution >= 0.6 is 0 Å². The van der Waals surface area contributed by atoms with Crippen molar-refractivity contribution in [3.8, 4) is 12.3 Å². The number of rotatable bonds is 0. The minimum absolute atomic E-state index is 0.131. The molecule has 0 amide bonds. The zero-order valence-electron chi connectivity index (χ0n) is 12.6. The number of hydrogen-bond acceptors (Lipinski definition) is 1. The van der Waals surface area contributed by atoms with E-state index in [4.69, 9.17) is 6.42 Å². The molecule has 4 atom stereocenters. The van der Waals surface area contributed by atoms with Gasteiger partial charge in [0.25, 0.3) is 0 Å². The van der Waals surface area contributed by atoms with Gasteiger partial charge >= 0.3 is 0 Å². The molecule has 0 bridgehead atoms. The van der Waals surface area contributed by atoms with Crippen molar-refractivity contribution in [1.82, 2.24) is 0 Å². The van der Waals surface area contributed by atoms with Crippen LogP contribution in [0.25, 0.3) is 0 Å². The van der Waals surface area contributed by atoms with Crippen molar-refractivity contribution in [2.45, 2.75) is 72.3 Å². The smallest absolute Gasteiger partial charge is 0.133 e. The fraction of sp³-hybridized carbons (Fsp3) is 0.882. The molecule has 0 radical (unpaired) electrons. The summed E-state index contributed by atoms with van der Waals surface area (Å²) in [6.07, 6.45) is 11.5. The SMILES string of the molecule is C#CC1(O)C(C)CC[C@@]2(C)C(C)(C)CCC[C@]12C. The highest BCUT2D eigenvalue weighted by Crippen LogP contribution is 2.69. The van der Waals surface area contributed by atoms with Crippen molar-refractivity contribution in [3.63, 3.8) is 0 Å². The summed E-state index contributed by atoms with van der Waals surface area (Å²) in [7, 11) is 0. The first-order valence-electron chi connectivity index (χ1n) is 7.35. The second kappa shape index (κ2) is 3.76. The van der Waals surface area contributed by atoms with E-state index in [0.29, 0.717) is 0 Å². The van der Waals surface area contributed by atoms with E-state index in [1.807, 2.05) is 0 Å². The molecule has 1 nitrogen and oxygen atoms in total. The summed E-state index contributed by atoms with van der Waals surface area (Å²) < 4.78 is 0. The Morgan fingerprint density at radius 1 is 1.06 bits per heavy atom. The Morgan fingerprint density at radius 3 is 2.22 bits per heavy atom. The summed E-state index contributed by atoms with van der Waals surface area (Å²) in [5, 5.41) is 11.2. The largest absolute Gasteiger partial charge is 0.377 e. The van der Waals surface area contributed by atoms with Crippen molar-refractivity contribution in [1.29, 1.82) is 0 Å². The van der Waals surface area contributed by atoms with Gasteiger partial charge in [-0.3, -0.25) is 0 Å². The van der Waals surface area contributed by atoms with Crippen LogP contribution in [0.2, 0.25) is 0 Å². The molecule has 102 valence electrons. The molecule has 0 saturated heterocycles. The Morgan fingerprint density at radius 2 is 1.67 bits per heavy atom. The van der Waals surface area contributed by atoms with Crippen LogP contribution in [0.4, 0.5) is 0 Å². The van der Waals surface area contributed by atoms with Crippen LogP contribution in [-0.4, -0.2) is 10.7 Å². The Bertz CT molecular complexity index is 391. The maximum Gasteiger partial charge on any atom is 0.133 e. The molecule has 2 saturated carbocycles. The molecular weight excluding hydrogens is 220 g/mol. The van der Waals surface area contributed by atoms with Crippen molar-refractivity contribution < 1.29 is 5.11 Å². The van der Waals surface area contributed by atoms with E-state index in [9.17, 15) is 5.11 Å². The van der Waals surface area contributed by atoms with E-state index in [1.165, 1.54) is 19.3 Å². The van der Waals surface area contributed by atoms with Gasteiger partial charge in [-0.25, -0.2) is 0 Å². The Hall–Kier alpha value is -0.480. The first-order valence-corrected chi connectivity index (χ1v) is 7.35. The highest BCUT2D eigenvalue weighted by Gasteiger charge is 2.66. The normalized spacial score (nSPS) is 51.3. The lowest BCUT2D eigenvalue weighted by molar-refractivity contribution is -0.227. The van der Waals surface area contributed by atoms with Crippen LogP contribution in [0.15, 0.2) is 0 Å². The number of fused-ring (bicyclic) bond motifs is 1. The number of aliphatic hydroxyl groups is 1. The molecular formula is C17H28O. The van der Waals surface area contributed by atoms with Gasteiger partial charge in [-0.05, 0) is 42.4 Å². The van der Waals surface area contributed by atoms with Gasteiger partial charge in [-0.1, -0.05) is 47.0 Å². The molecule has 2 unspecified atom stereocenters. The fourth-order valence-corrected chi connectivity index (χ4v) is 4.97. The molecule has 2 rings (SSSR count). The molecule has 1 N–H and O–H groups in total. The van der Waals surface area contributed by atoms with E-state index in [2.05, 4.69) is 40.5 Å². The van der Waals surface area contributed by atoms with Crippen molar-refractivity contribution in [2.24, 2.45) is 22.2 Å². The summed E-state index contributed by atoms with van der Waals surface area (Å²) in [6, 6.07) is 0. The van der Waals surface area contributed by atoms with E-state index < -0.39 is 5.60 Å². The molecule has 0 aromatic heterocycles. The molecule has 0 spiro atoms. The quantitative estimate of drug-likeness (QED) is 0.642. The predicted molar refractivity (Wildman–Crippen MR) is 76.0 cm³/mol. The van der Waals surface area contributed by atoms with Gasteiger partial charge in [-0.15, -0.1) is 6.42 Å². The van der Waals surface area contributed by atoms with Crippen LogP contribution < -0.4 is 0 Å². The van der Waals surface area contributed by atoms with E-state index in [1.54, 1.807) is 0 Å². The number of terminal acetylenes is 1. The minimum atomic E-state index is -0.947. The van der Waals surface area contributed by atoms with E-state index >= 15 is 0 Å². The topological polar surface area (TPSA) is 20.2 Å². The summed E-state index contributed by atoms with van der Waals surface area (Å²) in [5.41, 5.74) is -0.720. The maximum atomic E-state index is 11.2. The van der Waals surface area contributed by atoms with Crippen molar-refractivity contribution >= 4 is 0 Å². The molecule has 0 heterocycles. The van der Waals surface area contributed by atoms with Crippen LogP contribution in [-0.2, 0) is 0 Å². The molecule has 18 heavy (non-hydrogen) atoms. The molecule has 0 aromatic rings. The predicted octanol–water partition coefficient (Wildman–Crippen LogP) is 4.00. The molecule has 0 aliphatic heterocycles. The van der Waals surface area contributed by atoms with Crippen LogP contribution in [0.5, 0.6) is 0 Å². The average molecular weight is 248 g/mol. The van der Waals surface area contributed by atoms with Gasteiger partial charge in [-0.2, -0.15) is 0 Å². The molecule has 2 aliphatic carbocycles. The monoisotopic (exact) mass is 248 g/mol.